The van der Waals surface area contributed by atoms with Crippen LogP contribution in [0.2, 0.25) is 0 Å². The first-order chi connectivity index (χ1) is 10.6. The van der Waals surface area contributed by atoms with Gasteiger partial charge in [-0.25, -0.2) is 4.79 Å². The number of nitrogens with one attached hydrogen (secondary N) is 1. The fraction of sp³-hybridized carbons (Fsp3) is 0.588. The predicted octanol–water partition coefficient (Wildman–Crippen LogP) is 2.72. The molecule has 1 aromatic carbocycles. The van der Waals surface area contributed by atoms with Crippen molar-refractivity contribution in [2.24, 2.45) is 0 Å². The number of carbonyl (C=O) groups excluding carboxylic acids is 1. The summed E-state index contributed by atoms with van der Waals surface area (Å²) in [6.07, 6.45) is 1.70. The van der Waals surface area contributed by atoms with Crippen molar-refractivity contribution in [3.05, 3.63) is 29.8 Å². The molecule has 2 heterocycles. The number of morpholine rings is 1. The van der Waals surface area contributed by atoms with Gasteiger partial charge in [0, 0.05) is 18.5 Å². The predicted molar refractivity (Wildman–Crippen MR) is 84.0 cm³/mol. The quantitative estimate of drug-likeness (QED) is 0.914. The smallest absolute Gasteiger partial charge is 0.318 e. The standard InChI is InChI=1S/C17H24N2O3/c1-3-17(2)12-19(9-11-22-17)16(20)18-14-8-10-21-15-7-5-4-6-13(14)15/h4-7,14H,3,8-12H2,1-2H3,(H,18,20)/t14-,17-/m1/s1. The zero-order valence-corrected chi connectivity index (χ0v) is 13.3. The summed E-state index contributed by atoms with van der Waals surface area (Å²) in [4.78, 5) is 14.5. The van der Waals surface area contributed by atoms with Crippen LogP contribution in [0, 0.1) is 0 Å². The molecule has 2 aliphatic rings. The second-order valence-electron chi connectivity index (χ2n) is 6.25. The van der Waals surface area contributed by atoms with E-state index in [1.54, 1.807) is 0 Å². The average molecular weight is 304 g/mol. The molecule has 0 bridgehead atoms. The molecule has 22 heavy (non-hydrogen) atoms. The van der Waals surface area contributed by atoms with Gasteiger partial charge in [0.2, 0.25) is 0 Å². The number of benzene rings is 1. The molecule has 2 amide bonds. The third-order valence-corrected chi connectivity index (χ3v) is 4.63. The molecule has 1 N–H and O–H groups in total. The van der Waals surface area contributed by atoms with Gasteiger partial charge in [-0.05, 0) is 19.4 Å². The lowest BCUT2D eigenvalue weighted by atomic mass is 10.00. The van der Waals surface area contributed by atoms with Crippen LogP contribution < -0.4 is 10.1 Å². The van der Waals surface area contributed by atoms with Crippen LogP contribution in [0.5, 0.6) is 5.75 Å². The molecule has 1 saturated heterocycles. The van der Waals surface area contributed by atoms with Gasteiger partial charge in [-0.3, -0.25) is 0 Å². The second kappa shape index (κ2) is 6.16. The molecule has 0 unspecified atom stereocenters. The topological polar surface area (TPSA) is 50.8 Å². The first-order valence-electron chi connectivity index (χ1n) is 8.02. The van der Waals surface area contributed by atoms with E-state index in [-0.39, 0.29) is 17.7 Å². The van der Waals surface area contributed by atoms with E-state index in [0.717, 1.165) is 24.2 Å². The summed E-state index contributed by atoms with van der Waals surface area (Å²) >= 11 is 0. The van der Waals surface area contributed by atoms with Gasteiger partial charge in [0.1, 0.15) is 5.75 Å². The Morgan fingerprint density at radius 1 is 1.41 bits per heavy atom. The van der Waals surface area contributed by atoms with Crippen molar-refractivity contribution in [2.45, 2.75) is 38.3 Å². The molecule has 3 rings (SSSR count). The maximum atomic E-state index is 12.6. The fourth-order valence-electron chi connectivity index (χ4n) is 3.05. The summed E-state index contributed by atoms with van der Waals surface area (Å²) in [6.45, 7) is 6.68. The summed E-state index contributed by atoms with van der Waals surface area (Å²) in [6, 6.07) is 7.93. The number of hydrogen-bond acceptors (Lipinski definition) is 3. The number of urea groups is 1. The monoisotopic (exact) mass is 304 g/mol. The molecule has 0 aromatic heterocycles. The highest BCUT2D eigenvalue weighted by Crippen LogP contribution is 2.31. The molecule has 0 saturated carbocycles. The van der Waals surface area contributed by atoms with Crippen LogP contribution in [0.15, 0.2) is 24.3 Å². The van der Waals surface area contributed by atoms with Crippen LogP contribution >= 0.6 is 0 Å². The molecular formula is C17H24N2O3. The van der Waals surface area contributed by atoms with E-state index < -0.39 is 0 Å². The summed E-state index contributed by atoms with van der Waals surface area (Å²) in [7, 11) is 0. The minimum atomic E-state index is -0.233. The van der Waals surface area contributed by atoms with Crippen molar-refractivity contribution in [1.82, 2.24) is 10.2 Å². The van der Waals surface area contributed by atoms with Crippen LogP contribution in [-0.4, -0.2) is 42.8 Å². The van der Waals surface area contributed by atoms with E-state index in [2.05, 4.69) is 19.2 Å². The van der Waals surface area contributed by atoms with Crippen molar-refractivity contribution < 1.29 is 14.3 Å². The van der Waals surface area contributed by atoms with Gasteiger partial charge in [-0.15, -0.1) is 0 Å². The highest BCUT2D eigenvalue weighted by atomic mass is 16.5. The maximum Gasteiger partial charge on any atom is 0.318 e. The molecule has 1 aromatic rings. The number of ether oxygens (including phenoxy) is 2. The normalized spacial score (nSPS) is 27.7. The first kappa shape index (κ1) is 15.2. The Morgan fingerprint density at radius 3 is 3.05 bits per heavy atom. The van der Waals surface area contributed by atoms with E-state index in [9.17, 15) is 4.79 Å². The zero-order chi connectivity index (χ0) is 15.6. The Labute approximate surface area is 131 Å². The summed E-state index contributed by atoms with van der Waals surface area (Å²) < 4.78 is 11.4. The van der Waals surface area contributed by atoms with Crippen molar-refractivity contribution in [1.29, 1.82) is 0 Å². The summed E-state index contributed by atoms with van der Waals surface area (Å²) in [5, 5.41) is 3.16. The van der Waals surface area contributed by atoms with Crippen molar-refractivity contribution in [3.63, 3.8) is 0 Å². The number of nitrogens with zero attached hydrogens (tertiary/aromatic N) is 1. The number of amides is 2. The zero-order valence-electron chi connectivity index (χ0n) is 13.3. The van der Waals surface area contributed by atoms with Crippen LogP contribution in [-0.2, 0) is 4.74 Å². The SMILES string of the molecule is CC[C@]1(C)CN(C(=O)N[C@@H]2CCOc3ccccc32)CCO1. The summed E-state index contributed by atoms with van der Waals surface area (Å²) in [5.74, 6) is 0.874. The van der Waals surface area contributed by atoms with E-state index >= 15 is 0 Å². The van der Waals surface area contributed by atoms with Gasteiger partial charge in [0.15, 0.2) is 0 Å². The van der Waals surface area contributed by atoms with Crippen molar-refractivity contribution in [3.8, 4) is 5.75 Å². The molecule has 5 nitrogen and oxygen atoms in total. The Kier molecular flexibility index (Phi) is 4.25. The Balaban J connectivity index is 1.68. The van der Waals surface area contributed by atoms with Crippen LogP contribution in [0.25, 0.3) is 0 Å². The van der Waals surface area contributed by atoms with Crippen LogP contribution in [0.3, 0.4) is 0 Å². The van der Waals surface area contributed by atoms with Gasteiger partial charge in [-0.1, -0.05) is 25.1 Å². The van der Waals surface area contributed by atoms with Gasteiger partial charge in [0.25, 0.3) is 0 Å². The molecule has 2 atom stereocenters. The van der Waals surface area contributed by atoms with Crippen molar-refractivity contribution in [2.75, 3.05) is 26.3 Å². The lowest BCUT2D eigenvalue weighted by Crippen LogP contribution is -2.55. The lowest BCUT2D eigenvalue weighted by molar-refractivity contribution is -0.0875. The number of para-hydroxylation sites is 1. The first-order valence-corrected chi connectivity index (χ1v) is 8.02. The molecular weight excluding hydrogens is 280 g/mol. The Morgan fingerprint density at radius 2 is 2.23 bits per heavy atom. The molecule has 2 aliphatic heterocycles. The van der Waals surface area contributed by atoms with Crippen LogP contribution in [0.4, 0.5) is 4.79 Å². The number of carbonyl (C=O) groups is 1. The third-order valence-electron chi connectivity index (χ3n) is 4.63. The molecule has 1 fully saturated rings. The molecule has 0 spiro atoms. The van der Waals surface area contributed by atoms with E-state index in [4.69, 9.17) is 9.47 Å². The lowest BCUT2D eigenvalue weighted by Gasteiger charge is -2.40. The molecule has 5 heteroatoms. The van der Waals surface area contributed by atoms with E-state index in [0.29, 0.717) is 26.3 Å². The largest absolute Gasteiger partial charge is 0.493 e. The average Bonchev–Trinajstić information content (AvgIpc) is 2.55. The highest BCUT2D eigenvalue weighted by molar-refractivity contribution is 5.75. The Bertz CT molecular complexity index is 548. The van der Waals surface area contributed by atoms with E-state index in [1.807, 2.05) is 29.2 Å². The third kappa shape index (κ3) is 3.04. The van der Waals surface area contributed by atoms with E-state index in [1.165, 1.54) is 0 Å². The molecule has 0 aliphatic carbocycles. The number of rotatable bonds is 2. The minimum Gasteiger partial charge on any atom is -0.493 e. The fourth-order valence-corrected chi connectivity index (χ4v) is 3.05. The van der Waals surface area contributed by atoms with Gasteiger partial charge in [-0.2, -0.15) is 0 Å². The minimum absolute atomic E-state index is 0.00956. The number of hydrogen-bond donors (Lipinski definition) is 1. The van der Waals surface area contributed by atoms with Gasteiger partial charge >= 0.3 is 6.03 Å². The summed E-state index contributed by atoms with van der Waals surface area (Å²) in [5.41, 5.74) is 0.831. The molecule has 0 radical (unpaired) electrons. The highest BCUT2D eigenvalue weighted by Gasteiger charge is 2.33. The van der Waals surface area contributed by atoms with Crippen molar-refractivity contribution >= 4 is 6.03 Å². The number of fused-ring (bicyclic) bond motifs is 1. The Hall–Kier alpha value is -1.75. The van der Waals surface area contributed by atoms with Crippen LogP contribution in [0.1, 0.15) is 38.3 Å². The maximum absolute atomic E-state index is 12.6. The van der Waals surface area contributed by atoms with Gasteiger partial charge < -0.3 is 19.7 Å². The molecule has 120 valence electrons. The van der Waals surface area contributed by atoms with Gasteiger partial charge in [0.05, 0.1) is 31.4 Å². The second-order valence-corrected chi connectivity index (χ2v) is 6.25.